The summed E-state index contributed by atoms with van der Waals surface area (Å²) in [6.07, 6.45) is 0. The molecule has 0 aliphatic rings. The topological polar surface area (TPSA) is 79.5 Å². The quantitative estimate of drug-likeness (QED) is 0.911. The standard InChI is InChI=1S/C13H14ClN3O3/c1-8(13(18)19)17(2)7-11-15-12(16-20-11)9-4-3-5-10(14)6-9/h3-6,8H,7H2,1-2H3,(H,18,19)/t8-/m0/s1. The first-order chi connectivity index (χ1) is 9.47. The number of nitrogens with zero attached hydrogens (tertiary/aromatic N) is 3. The van der Waals surface area contributed by atoms with Gasteiger partial charge >= 0.3 is 5.97 Å². The van der Waals surface area contributed by atoms with E-state index in [0.29, 0.717) is 16.7 Å². The molecular formula is C13H14ClN3O3. The maximum absolute atomic E-state index is 10.9. The summed E-state index contributed by atoms with van der Waals surface area (Å²) in [4.78, 5) is 16.7. The van der Waals surface area contributed by atoms with Gasteiger partial charge in [-0.1, -0.05) is 28.9 Å². The Morgan fingerprint density at radius 2 is 2.30 bits per heavy atom. The lowest BCUT2D eigenvalue weighted by Crippen LogP contribution is -2.35. The summed E-state index contributed by atoms with van der Waals surface area (Å²) in [5.41, 5.74) is 0.751. The molecule has 0 saturated heterocycles. The number of benzene rings is 1. The van der Waals surface area contributed by atoms with E-state index in [1.165, 1.54) is 0 Å². The maximum Gasteiger partial charge on any atom is 0.320 e. The molecular weight excluding hydrogens is 282 g/mol. The highest BCUT2D eigenvalue weighted by Gasteiger charge is 2.19. The Balaban J connectivity index is 2.11. The number of hydrogen-bond acceptors (Lipinski definition) is 5. The van der Waals surface area contributed by atoms with Gasteiger partial charge in [-0.25, -0.2) is 0 Å². The summed E-state index contributed by atoms with van der Waals surface area (Å²) in [6.45, 7) is 1.86. The minimum atomic E-state index is -0.901. The van der Waals surface area contributed by atoms with E-state index in [1.54, 1.807) is 37.1 Å². The smallest absolute Gasteiger partial charge is 0.320 e. The van der Waals surface area contributed by atoms with E-state index in [0.717, 1.165) is 5.56 Å². The number of rotatable bonds is 5. The van der Waals surface area contributed by atoms with Gasteiger partial charge in [0.05, 0.1) is 6.54 Å². The van der Waals surface area contributed by atoms with Gasteiger partial charge in [-0.15, -0.1) is 0 Å². The van der Waals surface area contributed by atoms with Crippen LogP contribution < -0.4 is 0 Å². The molecule has 0 bridgehead atoms. The molecule has 1 atom stereocenters. The predicted molar refractivity (Wildman–Crippen MR) is 73.3 cm³/mol. The van der Waals surface area contributed by atoms with Crippen LogP contribution in [0.1, 0.15) is 12.8 Å². The number of aliphatic carboxylic acids is 1. The molecule has 0 spiro atoms. The molecule has 0 amide bonds. The zero-order valence-corrected chi connectivity index (χ0v) is 11.8. The largest absolute Gasteiger partial charge is 0.480 e. The highest BCUT2D eigenvalue weighted by Crippen LogP contribution is 2.20. The lowest BCUT2D eigenvalue weighted by molar-refractivity contribution is -0.142. The van der Waals surface area contributed by atoms with Crippen LogP contribution in [-0.4, -0.2) is 39.2 Å². The van der Waals surface area contributed by atoms with Gasteiger partial charge in [-0.3, -0.25) is 9.69 Å². The minimum Gasteiger partial charge on any atom is -0.480 e. The molecule has 2 aromatic rings. The molecule has 2 rings (SSSR count). The Kier molecular flexibility index (Phi) is 4.36. The fourth-order valence-electron chi connectivity index (χ4n) is 1.60. The first-order valence-electron chi connectivity index (χ1n) is 5.99. The van der Waals surface area contributed by atoms with Gasteiger partial charge in [0, 0.05) is 10.6 Å². The Labute approximate surface area is 121 Å². The summed E-state index contributed by atoms with van der Waals surface area (Å²) >= 11 is 5.90. The summed E-state index contributed by atoms with van der Waals surface area (Å²) in [5.74, 6) is -0.114. The zero-order valence-electron chi connectivity index (χ0n) is 11.1. The van der Waals surface area contributed by atoms with Crippen molar-refractivity contribution in [1.82, 2.24) is 15.0 Å². The van der Waals surface area contributed by atoms with E-state index in [4.69, 9.17) is 21.2 Å². The zero-order chi connectivity index (χ0) is 14.7. The molecule has 0 radical (unpaired) electrons. The van der Waals surface area contributed by atoms with Crippen molar-refractivity contribution in [3.63, 3.8) is 0 Å². The van der Waals surface area contributed by atoms with E-state index < -0.39 is 12.0 Å². The molecule has 0 aliphatic carbocycles. The van der Waals surface area contributed by atoms with Crippen molar-refractivity contribution < 1.29 is 14.4 Å². The van der Waals surface area contributed by atoms with Crippen LogP contribution in [0.3, 0.4) is 0 Å². The third-order valence-corrected chi connectivity index (χ3v) is 3.19. The van der Waals surface area contributed by atoms with Crippen molar-refractivity contribution in [3.05, 3.63) is 35.2 Å². The van der Waals surface area contributed by atoms with Crippen molar-refractivity contribution in [1.29, 1.82) is 0 Å². The third kappa shape index (κ3) is 3.34. The van der Waals surface area contributed by atoms with E-state index in [-0.39, 0.29) is 6.54 Å². The second kappa shape index (κ2) is 6.02. The third-order valence-electron chi connectivity index (χ3n) is 2.95. The van der Waals surface area contributed by atoms with Crippen LogP contribution in [0.4, 0.5) is 0 Å². The van der Waals surface area contributed by atoms with Crippen molar-refractivity contribution >= 4 is 17.6 Å². The van der Waals surface area contributed by atoms with Crippen molar-refractivity contribution in [2.24, 2.45) is 0 Å². The molecule has 0 fully saturated rings. The molecule has 1 N–H and O–H groups in total. The van der Waals surface area contributed by atoms with E-state index in [2.05, 4.69) is 10.1 Å². The van der Waals surface area contributed by atoms with Crippen molar-refractivity contribution in [3.8, 4) is 11.4 Å². The van der Waals surface area contributed by atoms with Crippen molar-refractivity contribution in [2.75, 3.05) is 7.05 Å². The van der Waals surface area contributed by atoms with Crippen LogP contribution >= 0.6 is 11.6 Å². The van der Waals surface area contributed by atoms with Crippen molar-refractivity contribution in [2.45, 2.75) is 19.5 Å². The van der Waals surface area contributed by atoms with Crippen LogP contribution in [0, 0.1) is 0 Å². The average molecular weight is 296 g/mol. The first kappa shape index (κ1) is 14.5. The minimum absolute atomic E-state index is 0.265. The Hall–Kier alpha value is -1.92. The Morgan fingerprint density at radius 1 is 1.55 bits per heavy atom. The normalized spacial score (nSPS) is 12.6. The molecule has 6 nitrogen and oxygen atoms in total. The van der Waals surface area contributed by atoms with Gasteiger partial charge < -0.3 is 9.63 Å². The molecule has 1 heterocycles. The monoisotopic (exact) mass is 295 g/mol. The highest BCUT2D eigenvalue weighted by molar-refractivity contribution is 6.30. The molecule has 0 saturated carbocycles. The first-order valence-corrected chi connectivity index (χ1v) is 6.36. The van der Waals surface area contributed by atoms with Crippen LogP contribution in [0.15, 0.2) is 28.8 Å². The number of halogens is 1. The SMILES string of the molecule is C[C@@H](C(=O)O)N(C)Cc1nc(-c2cccc(Cl)c2)no1. The van der Waals surface area contributed by atoms with Gasteiger partial charge in [-0.2, -0.15) is 4.98 Å². The lowest BCUT2D eigenvalue weighted by Gasteiger charge is -2.18. The Morgan fingerprint density at radius 3 is 2.95 bits per heavy atom. The van der Waals surface area contributed by atoms with Gasteiger partial charge in [0.25, 0.3) is 0 Å². The summed E-state index contributed by atoms with van der Waals surface area (Å²) in [7, 11) is 1.68. The molecule has 106 valence electrons. The summed E-state index contributed by atoms with van der Waals surface area (Å²) in [6, 6.07) is 6.49. The number of carbonyl (C=O) groups is 1. The van der Waals surface area contributed by atoms with Crippen LogP contribution in [0.5, 0.6) is 0 Å². The molecule has 1 aromatic heterocycles. The number of likely N-dealkylation sites (N-methyl/N-ethyl adjacent to an activating group) is 1. The predicted octanol–water partition coefficient (Wildman–Crippen LogP) is 2.29. The number of carboxylic acids is 1. The number of aromatic nitrogens is 2. The van der Waals surface area contributed by atoms with E-state index >= 15 is 0 Å². The number of carboxylic acid groups (broad SMARTS) is 1. The second-order valence-electron chi connectivity index (χ2n) is 4.45. The van der Waals surface area contributed by atoms with E-state index in [9.17, 15) is 4.79 Å². The fraction of sp³-hybridized carbons (Fsp3) is 0.308. The second-order valence-corrected chi connectivity index (χ2v) is 4.89. The Bertz CT molecular complexity index is 614. The van der Waals surface area contributed by atoms with E-state index in [1.807, 2.05) is 6.07 Å². The molecule has 1 aromatic carbocycles. The summed E-state index contributed by atoms with van der Waals surface area (Å²) in [5, 5.41) is 13.4. The number of hydrogen-bond donors (Lipinski definition) is 1. The van der Waals surface area contributed by atoms with Crippen LogP contribution in [-0.2, 0) is 11.3 Å². The molecule has 20 heavy (non-hydrogen) atoms. The summed E-state index contributed by atoms with van der Waals surface area (Å²) < 4.78 is 5.12. The van der Waals surface area contributed by atoms with Crippen LogP contribution in [0.2, 0.25) is 5.02 Å². The van der Waals surface area contributed by atoms with Gasteiger partial charge in [0.15, 0.2) is 0 Å². The van der Waals surface area contributed by atoms with Gasteiger partial charge in [0.1, 0.15) is 6.04 Å². The molecule has 0 aliphatic heterocycles. The van der Waals surface area contributed by atoms with Gasteiger partial charge in [0.2, 0.25) is 11.7 Å². The average Bonchev–Trinajstić information content (AvgIpc) is 2.86. The van der Waals surface area contributed by atoms with Crippen LogP contribution in [0.25, 0.3) is 11.4 Å². The molecule has 7 heteroatoms. The highest BCUT2D eigenvalue weighted by atomic mass is 35.5. The fourth-order valence-corrected chi connectivity index (χ4v) is 1.79. The molecule has 0 unspecified atom stereocenters. The lowest BCUT2D eigenvalue weighted by atomic mass is 10.2. The maximum atomic E-state index is 10.9. The van der Waals surface area contributed by atoms with Gasteiger partial charge in [-0.05, 0) is 26.1 Å².